The fourth-order valence-electron chi connectivity index (χ4n) is 2.40. The van der Waals surface area contributed by atoms with E-state index in [-0.39, 0.29) is 0 Å². The minimum Gasteiger partial charge on any atom is -0.369 e. The molecule has 0 amide bonds. The van der Waals surface area contributed by atoms with E-state index in [0.717, 1.165) is 22.3 Å². The third-order valence-corrected chi connectivity index (χ3v) is 4.04. The summed E-state index contributed by atoms with van der Waals surface area (Å²) in [6.07, 6.45) is 0. The molecule has 0 aliphatic heterocycles. The summed E-state index contributed by atoms with van der Waals surface area (Å²) in [6, 6.07) is 9.71. The molecule has 0 radical (unpaired) electrons. The van der Waals surface area contributed by atoms with E-state index in [1.54, 1.807) is 12.1 Å². The number of rotatable bonds is 1. The quantitative estimate of drug-likeness (QED) is 0.717. The lowest BCUT2D eigenvalue weighted by atomic mass is 10.1. The first-order chi connectivity index (χ1) is 9.47. The average molecular weight is 306 g/mol. The van der Waals surface area contributed by atoms with Gasteiger partial charge in [-0.3, -0.25) is 4.57 Å². The molecule has 3 rings (SSSR count). The van der Waals surface area contributed by atoms with Gasteiger partial charge in [-0.1, -0.05) is 40.9 Å². The minimum atomic E-state index is 0.422. The molecule has 2 N–H and O–H groups in total. The van der Waals surface area contributed by atoms with Gasteiger partial charge in [0.2, 0.25) is 5.95 Å². The van der Waals surface area contributed by atoms with Gasteiger partial charge >= 0.3 is 0 Å². The standard InChI is InChI=1S/C15H13Cl2N3/c1-8-3-4-13(9(2)5-8)20-14-7-11(17)10(16)6-12(14)19-15(20)18/h3-7H,1-2H3,(H2,18,19). The highest BCUT2D eigenvalue weighted by Crippen LogP contribution is 2.31. The maximum Gasteiger partial charge on any atom is 0.205 e. The van der Waals surface area contributed by atoms with Gasteiger partial charge in [0.25, 0.3) is 0 Å². The lowest BCUT2D eigenvalue weighted by Crippen LogP contribution is -2.02. The van der Waals surface area contributed by atoms with Crippen molar-refractivity contribution in [2.45, 2.75) is 13.8 Å². The molecule has 0 aliphatic carbocycles. The summed E-state index contributed by atoms with van der Waals surface area (Å²) in [5.74, 6) is 0.422. The Bertz CT molecular complexity index is 822. The monoisotopic (exact) mass is 305 g/mol. The molecule has 0 spiro atoms. The summed E-state index contributed by atoms with van der Waals surface area (Å²) in [4.78, 5) is 4.35. The van der Waals surface area contributed by atoms with Crippen molar-refractivity contribution in [2.24, 2.45) is 0 Å². The van der Waals surface area contributed by atoms with Crippen LogP contribution < -0.4 is 5.73 Å². The summed E-state index contributed by atoms with van der Waals surface area (Å²) in [7, 11) is 0. The number of aryl methyl sites for hydroxylation is 2. The molecular weight excluding hydrogens is 293 g/mol. The van der Waals surface area contributed by atoms with E-state index in [1.807, 2.05) is 23.6 Å². The Morgan fingerprint density at radius 2 is 1.75 bits per heavy atom. The number of hydrogen-bond donors (Lipinski definition) is 1. The van der Waals surface area contributed by atoms with E-state index in [9.17, 15) is 0 Å². The van der Waals surface area contributed by atoms with Crippen LogP contribution in [0.1, 0.15) is 11.1 Å². The van der Waals surface area contributed by atoms with E-state index in [1.165, 1.54) is 5.56 Å². The average Bonchev–Trinajstić information content (AvgIpc) is 2.66. The number of nitrogens with zero attached hydrogens (tertiary/aromatic N) is 2. The molecule has 2 aromatic carbocycles. The molecule has 0 saturated carbocycles. The molecule has 1 heterocycles. The molecule has 0 saturated heterocycles. The molecule has 0 unspecified atom stereocenters. The first kappa shape index (κ1) is 13.3. The van der Waals surface area contributed by atoms with Crippen LogP contribution in [0.4, 0.5) is 5.95 Å². The normalized spacial score (nSPS) is 11.2. The van der Waals surface area contributed by atoms with Gasteiger partial charge in [0.1, 0.15) is 0 Å². The highest BCUT2D eigenvalue weighted by molar-refractivity contribution is 6.42. The predicted octanol–water partition coefficient (Wildman–Crippen LogP) is 4.53. The lowest BCUT2D eigenvalue weighted by Gasteiger charge is -2.11. The number of nitrogens with two attached hydrogens (primary N) is 1. The third-order valence-electron chi connectivity index (χ3n) is 3.32. The Morgan fingerprint density at radius 1 is 1.05 bits per heavy atom. The fourth-order valence-corrected chi connectivity index (χ4v) is 2.72. The van der Waals surface area contributed by atoms with Crippen LogP contribution >= 0.6 is 23.2 Å². The van der Waals surface area contributed by atoms with Crippen LogP contribution in [-0.2, 0) is 0 Å². The van der Waals surface area contributed by atoms with E-state index in [0.29, 0.717) is 16.0 Å². The smallest absolute Gasteiger partial charge is 0.205 e. The topological polar surface area (TPSA) is 43.8 Å². The van der Waals surface area contributed by atoms with Gasteiger partial charge in [-0.15, -0.1) is 0 Å². The molecule has 102 valence electrons. The van der Waals surface area contributed by atoms with Gasteiger partial charge in [0, 0.05) is 0 Å². The number of halogens is 2. The molecule has 1 aromatic heterocycles. The number of imidazole rings is 1. The Balaban J connectivity index is 2.35. The van der Waals surface area contributed by atoms with Gasteiger partial charge in [-0.25, -0.2) is 4.98 Å². The maximum atomic E-state index is 6.11. The number of anilines is 1. The highest BCUT2D eigenvalue weighted by atomic mass is 35.5. The first-order valence-electron chi connectivity index (χ1n) is 6.18. The molecule has 0 aliphatic rings. The van der Waals surface area contributed by atoms with Crippen LogP contribution in [0, 0.1) is 13.8 Å². The van der Waals surface area contributed by atoms with Crippen LogP contribution in [0.5, 0.6) is 0 Å². The Kier molecular flexibility index (Phi) is 3.11. The molecule has 0 fully saturated rings. The van der Waals surface area contributed by atoms with Crippen molar-refractivity contribution >= 4 is 40.2 Å². The fraction of sp³-hybridized carbons (Fsp3) is 0.133. The SMILES string of the molecule is Cc1ccc(-n2c(N)nc3cc(Cl)c(Cl)cc32)c(C)c1. The van der Waals surface area contributed by atoms with Crippen LogP contribution in [0.15, 0.2) is 30.3 Å². The van der Waals surface area contributed by atoms with E-state index >= 15 is 0 Å². The van der Waals surface area contributed by atoms with E-state index < -0.39 is 0 Å². The zero-order chi connectivity index (χ0) is 14.4. The van der Waals surface area contributed by atoms with Crippen molar-refractivity contribution in [3.8, 4) is 5.69 Å². The van der Waals surface area contributed by atoms with Gasteiger partial charge < -0.3 is 5.73 Å². The molecule has 20 heavy (non-hydrogen) atoms. The van der Waals surface area contributed by atoms with Crippen molar-refractivity contribution < 1.29 is 0 Å². The number of aromatic nitrogens is 2. The molecule has 5 heteroatoms. The third kappa shape index (κ3) is 2.03. The minimum absolute atomic E-state index is 0.422. The van der Waals surface area contributed by atoms with Crippen molar-refractivity contribution in [2.75, 3.05) is 5.73 Å². The van der Waals surface area contributed by atoms with Gasteiger partial charge in [0.05, 0.1) is 26.8 Å². The second-order valence-corrected chi connectivity index (χ2v) is 5.66. The summed E-state index contributed by atoms with van der Waals surface area (Å²) < 4.78 is 1.90. The van der Waals surface area contributed by atoms with E-state index in [2.05, 4.69) is 18.0 Å². The van der Waals surface area contributed by atoms with Crippen molar-refractivity contribution in [3.05, 3.63) is 51.5 Å². The largest absolute Gasteiger partial charge is 0.369 e. The van der Waals surface area contributed by atoms with Gasteiger partial charge in [0.15, 0.2) is 0 Å². The van der Waals surface area contributed by atoms with E-state index in [4.69, 9.17) is 28.9 Å². The second-order valence-electron chi connectivity index (χ2n) is 4.85. The van der Waals surface area contributed by atoms with Gasteiger partial charge in [-0.2, -0.15) is 0 Å². The maximum absolute atomic E-state index is 6.11. The molecule has 0 bridgehead atoms. The number of benzene rings is 2. The number of hydrogen-bond acceptors (Lipinski definition) is 2. The summed E-state index contributed by atoms with van der Waals surface area (Å²) in [6.45, 7) is 4.11. The van der Waals surface area contributed by atoms with Crippen LogP contribution in [0.2, 0.25) is 10.0 Å². The number of nitrogen functional groups attached to an aromatic ring is 1. The summed E-state index contributed by atoms with van der Waals surface area (Å²) in [5, 5.41) is 0.967. The zero-order valence-corrected chi connectivity index (χ0v) is 12.6. The van der Waals surface area contributed by atoms with Crippen molar-refractivity contribution in [3.63, 3.8) is 0 Å². The van der Waals surface area contributed by atoms with Gasteiger partial charge in [-0.05, 0) is 37.6 Å². The summed E-state index contributed by atoms with van der Waals surface area (Å²) in [5.41, 5.74) is 11.0. The molecule has 3 aromatic rings. The van der Waals surface area contributed by atoms with Crippen molar-refractivity contribution in [1.29, 1.82) is 0 Å². The zero-order valence-electron chi connectivity index (χ0n) is 11.1. The van der Waals surface area contributed by atoms with Crippen LogP contribution in [-0.4, -0.2) is 9.55 Å². The lowest BCUT2D eigenvalue weighted by molar-refractivity contribution is 1.09. The van der Waals surface area contributed by atoms with Crippen molar-refractivity contribution in [1.82, 2.24) is 9.55 Å². The summed E-state index contributed by atoms with van der Waals surface area (Å²) >= 11 is 12.1. The van der Waals surface area contributed by atoms with Crippen LogP contribution in [0.25, 0.3) is 16.7 Å². The molecule has 0 atom stereocenters. The first-order valence-corrected chi connectivity index (χ1v) is 6.93. The Morgan fingerprint density at radius 3 is 2.45 bits per heavy atom. The Hall–Kier alpha value is -1.71. The number of fused-ring (bicyclic) bond motifs is 1. The molecule has 3 nitrogen and oxygen atoms in total. The Labute approximate surface area is 126 Å². The predicted molar refractivity (Wildman–Crippen MR) is 85.0 cm³/mol. The van der Waals surface area contributed by atoms with Crippen LogP contribution in [0.3, 0.4) is 0 Å². The highest BCUT2D eigenvalue weighted by Gasteiger charge is 2.14. The second kappa shape index (κ2) is 4.69. The molecular formula is C15H13Cl2N3.